The van der Waals surface area contributed by atoms with E-state index in [9.17, 15) is 0 Å². The fourth-order valence-corrected chi connectivity index (χ4v) is 0.792. The summed E-state index contributed by atoms with van der Waals surface area (Å²) in [5.74, 6) is 0. The van der Waals surface area contributed by atoms with E-state index in [4.69, 9.17) is 4.52 Å². The van der Waals surface area contributed by atoms with Gasteiger partial charge in [-0.15, -0.1) is 5.10 Å². The maximum absolute atomic E-state index is 4.95. The van der Waals surface area contributed by atoms with Crippen molar-refractivity contribution in [3.63, 3.8) is 0 Å². The Labute approximate surface area is 56.7 Å². The Hall–Kier alpha value is -1.58. The van der Waals surface area contributed by atoms with E-state index in [1.54, 1.807) is 12.3 Å². The number of aromatic nitrogens is 3. The predicted octanol–water partition coefficient (Wildman–Crippen LogP) is 0.965. The summed E-state index contributed by atoms with van der Waals surface area (Å²) in [7, 11) is 0. The molecule has 0 saturated carbocycles. The Morgan fingerprint density at radius 1 is 1.70 bits per heavy atom. The molecule has 50 valence electrons. The second kappa shape index (κ2) is 1.70. The van der Waals surface area contributed by atoms with Gasteiger partial charge >= 0.3 is 0 Å². The van der Waals surface area contributed by atoms with Crippen LogP contribution in [0, 0.1) is 0 Å². The topological polar surface area (TPSA) is 43.3 Å². The predicted molar refractivity (Wildman–Crippen MR) is 35.3 cm³/mol. The summed E-state index contributed by atoms with van der Waals surface area (Å²) in [6.07, 6.45) is 4.67. The summed E-state index contributed by atoms with van der Waals surface area (Å²) in [5, 5.41) is 3.78. The zero-order valence-corrected chi connectivity index (χ0v) is 5.19. The first kappa shape index (κ1) is 5.22. The molecule has 0 aliphatic heterocycles. The van der Waals surface area contributed by atoms with E-state index in [2.05, 4.69) is 16.7 Å². The van der Waals surface area contributed by atoms with Crippen LogP contribution in [0.2, 0.25) is 0 Å². The van der Waals surface area contributed by atoms with Gasteiger partial charge in [0.05, 0.1) is 5.56 Å². The van der Waals surface area contributed by atoms with E-state index < -0.39 is 0 Å². The van der Waals surface area contributed by atoms with Gasteiger partial charge in [-0.2, -0.15) is 0 Å². The van der Waals surface area contributed by atoms with Crippen LogP contribution >= 0.6 is 0 Å². The first-order valence-corrected chi connectivity index (χ1v) is 2.82. The molecule has 0 aliphatic carbocycles. The van der Waals surface area contributed by atoms with E-state index >= 15 is 0 Å². The molecule has 2 aromatic heterocycles. The van der Waals surface area contributed by atoms with Crippen molar-refractivity contribution in [1.29, 1.82) is 0 Å². The number of nitrogens with zero attached hydrogens (tertiary/aromatic N) is 3. The van der Waals surface area contributed by atoms with Crippen LogP contribution in [0.5, 0.6) is 0 Å². The van der Waals surface area contributed by atoms with E-state index in [-0.39, 0.29) is 0 Å². The molecule has 0 spiro atoms. The van der Waals surface area contributed by atoms with Gasteiger partial charge in [0.2, 0.25) is 5.65 Å². The van der Waals surface area contributed by atoms with Crippen molar-refractivity contribution in [2.24, 2.45) is 0 Å². The van der Waals surface area contributed by atoms with Crippen LogP contribution in [-0.4, -0.2) is 14.8 Å². The van der Waals surface area contributed by atoms with Crippen molar-refractivity contribution in [3.8, 4) is 0 Å². The van der Waals surface area contributed by atoms with Crippen LogP contribution in [0.1, 0.15) is 5.56 Å². The first-order chi connectivity index (χ1) is 4.92. The number of rotatable bonds is 1. The molecule has 0 bridgehead atoms. The van der Waals surface area contributed by atoms with Crippen molar-refractivity contribution in [3.05, 3.63) is 24.7 Å². The van der Waals surface area contributed by atoms with Gasteiger partial charge in [-0.05, 0) is 0 Å². The Morgan fingerprint density at radius 3 is 3.40 bits per heavy atom. The fourth-order valence-electron chi connectivity index (χ4n) is 0.792. The zero-order valence-electron chi connectivity index (χ0n) is 5.19. The second-order valence-electron chi connectivity index (χ2n) is 1.84. The quantitative estimate of drug-likeness (QED) is 0.585. The Bertz CT molecular complexity index is 360. The molecule has 0 amide bonds. The normalized spacial score (nSPS) is 10.4. The third-order valence-electron chi connectivity index (χ3n) is 1.28. The van der Waals surface area contributed by atoms with Crippen molar-refractivity contribution < 1.29 is 4.52 Å². The standard InChI is InChI=1S/C6H5N3O/c1-2-5-3-10-9-6(5)7-4-8-9/h2-4H,1H2. The molecule has 2 rings (SSSR count). The summed E-state index contributed by atoms with van der Waals surface area (Å²) in [6, 6.07) is 0. The fraction of sp³-hybridized carbons (Fsp3) is 0. The van der Waals surface area contributed by atoms with Crippen molar-refractivity contribution in [2.45, 2.75) is 0 Å². The maximum atomic E-state index is 4.95. The smallest absolute Gasteiger partial charge is 0.202 e. The average Bonchev–Trinajstić information content (AvgIpc) is 2.44. The highest BCUT2D eigenvalue weighted by Crippen LogP contribution is 2.08. The molecule has 0 N–H and O–H groups in total. The minimum atomic E-state index is 0.704. The lowest BCUT2D eigenvalue weighted by atomic mass is 10.3. The molecule has 4 heteroatoms. The van der Waals surface area contributed by atoms with Gasteiger partial charge in [0, 0.05) is 0 Å². The highest BCUT2D eigenvalue weighted by atomic mass is 16.5. The number of hydrogen-bond acceptors (Lipinski definition) is 3. The number of hydrogen-bond donors (Lipinski definition) is 0. The van der Waals surface area contributed by atoms with E-state index in [0.29, 0.717) is 5.65 Å². The molecule has 0 aromatic carbocycles. The molecule has 0 saturated heterocycles. The molecular weight excluding hydrogens is 130 g/mol. The molecule has 2 heterocycles. The van der Waals surface area contributed by atoms with Crippen molar-refractivity contribution in [1.82, 2.24) is 14.8 Å². The third-order valence-corrected chi connectivity index (χ3v) is 1.28. The van der Waals surface area contributed by atoms with Crippen molar-refractivity contribution >= 4 is 11.7 Å². The van der Waals surface area contributed by atoms with Gasteiger partial charge in [0.25, 0.3) is 0 Å². The SMILES string of the molecule is C=Cc1con2ncnc12. The first-order valence-electron chi connectivity index (χ1n) is 2.82. The summed E-state index contributed by atoms with van der Waals surface area (Å²) in [5.41, 5.74) is 1.56. The van der Waals surface area contributed by atoms with E-state index in [0.717, 1.165) is 5.56 Å². The molecule has 0 aliphatic rings. The van der Waals surface area contributed by atoms with Crippen molar-refractivity contribution in [2.75, 3.05) is 0 Å². The second-order valence-corrected chi connectivity index (χ2v) is 1.84. The lowest BCUT2D eigenvalue weighted by Gasteiger charge is -1.74. The lowest BCUT2D eigenvalue weighted by molar-refractivity contribution is 0.338. The van der Waals surface area contributed by atoms with Crippen LogP contribution in [0.4, 0.5) is 0 Å². The molecule has 0 unspecified atom stereocenters. The van der Waals surface area contributed by atoms with Crippen LogP contribution < -0.4 is 0 Å². The lowest BCUT2D eigenvalue weighted by Crippen LogP contribution is -1.76. The molecule has 0 atom stereocenters. The Balaban J connectivity index is 2.88. The highest BCUT2D eigenvalue weighted by Gasteiger charge is 2.02. The van der Waals surface area contributed by atoms with E-state index in [1.165, 1.54) is 11.0 Å². The summed E-state index contributed by atoms with van der Waals surface area (Å²) in [4.78, 5) is 3.94. The van der Waals surface area contributed by atoms with Gasteiger partial charge in [0.1, 0.15) is 12.6 Å². The maximum Gasteiger partial charge on any atom is 0.202 e. The summed E-state index contributed by atoms with van der Waals surface area (Å²) >= 11 is 0. The highest BCUT2D eigenvalue weighted by molar-refractivity contribution is 5.61. The van der Waals surface area contributed by atoms with Crippen LogP contribution in [-0.2, 0) is 0 Å². The van der Waals surface area contributed by atoms with Gasteiger partial charge in [0.15, 0.2) is 0 Å². The zero-order chi connectivity index (χ0) is 6.97. The largest absolute Gasteiger partial charge is 0.363 e. The van der Waals surface area contributed by atoms with Crippen LogP contribution in [0.3, 0.4) is 0 Å². The van der Waals surface area contributed by atoms with E-state index in [1.807, 2.05) is 0 Å². The summed E-state index contributed by atoms with van der Waals surface area (Å²) < 4.78 is 6.30. The average molecular weight is 135 g/mol. The minimum Gasteiger partial charge on any atom is -0.363 e. The molecule has 4 nitrogen and oxygen atoms in total. The Kier molecular flexibility index (Phi) is 0.887. The molecule has 10 heavy (non-hydrogen) atoms. The molecule has 0 fully saturated rings. The molecule has 2 aromatic rings. The monoisotopic (exact) mass is 135 g/mol. The Morgan fingerprint density at radius 2 is 2.60 bits per heavy atom. The third kappa shape index (κ3) is 0.500. The van der Waals surface area contributed by atoms with Gasteiger partial charge in [-0.1, -0.05) is 17.3 Å². The van der Waals surface area contributed by atoms with Crippen LogP contribution in [0.25, 0.3) is 11.7 Å². The molecule has 0 radical (unpaired) electrons. The number of fused-ring (bicyclic) bond motifs is 1. The van der Waals surface area contributed by atoms with Gasteiger partial charge in [-0.3, -0.25) is 0 Å². The minimum absolute atomic E-state index is 0.704. The van der Waals surface area contributed by atoms with Gasteiger partial charge < -0.3 is 4.52 Å². The summed E-state index contributed by atoms with van der Waals surface area (Å²) in [6.45, 7) is 3.59. The van der Waals surface area contributed by atoms with Crippen LogP contribution in [0.15, 0.2) is 23.7 Å². The van der Waals surface area contributed by atoms with Gasteiger partial charge in [-0.25, -0.2) is 4.98 Å². The molecular formula is C6H5N3O.